The summed E-state index contributed by atoms with van der Waals surface area (Å²) in [5.74, 6) is 0.286. The molecule has 1 aliphatic rings. The van der Waals surface area contributed by atoms with Gasteiger partial charge in [-0.3, -0.25) is 0 Å². The first kappa shape index (κ1) is 10.3. The van der Waals surface area contributed by atoms with E-state index in [0.29, 0.717) is 6.54 Å². The Morgan fingerprint density at radius 3 is 2.85 bits per heavy atom. The predicted molar refractivity (Wildman–Crippen MR) is 50.5 cm³/mol. The van der Waals surface area contributed by atoms with Crippen LogP contribution in [0.3, 0.4) is 0 Å². The molecule has 13 heavy (non-hydrogen) atoms. The molecule has 1 rings (SSSR count). The van der Waals surface area contributed by atoms with Crippen LogP contribution in [0.4, 0.5) is 4.79 Å². The highest BCUT2D eigenvalue weighted by Gasteiger charge is 2.26. The lowest BCUT2D eigenvalue weighted by Gasteiger charge is -2.23. The standard InChI is InChI=1S/C9H18N2O2/c1-3-10(2)9(13)11-5-4-8(6-11)7-12/h8,12H,3-7H2,1-2H3. The van der Waals surface area contributed by atoms with E-state index >= 15 is 0 Å². The van der Waals surface area contributed by atoms with Crippen molar-refractivity contribution in [1.82, 2.24) is 9.80 Å². The second-order valence-corrected chi connectivity index (χ2v) is 3.58. The molecule has 76 valence electrons. The highest BCUT2D eigenvalue weighted by molar-refractivity contribution is 5.74. The number of rotatable bonds is 2. The second-order valence-electron chi connectivity index (χ2n) is 3.58. The van der Waals surface area contributed by atoms with Gasteiger partial charge in [-0.1, -0.05) is 0 Å². The lowest BCUT2D eigenvalue weighted by Crippen LogP contribution is -2.39. The summed E-state index contributed by atoms with van der Waals surface area (Å²) in [5.41, 5.74) is 0. The van der Waals surface area contributed by atoms with Gasteiger partial charge in [-0.05, 0) is 13.3 Å². The van der Waals surface area contributed by atoms with E-state index < -0.39 is 0 Å². The number of carbonyl (C=O) groups excluding carboxylic acids is 1. The largest absolute Gasteiger partial charge is 0.396 e. The maximum atomic E-state index is 11.6. The van der Waals surface area contributed by atoms with E-state index in [4.69, 9.17) is 5.11 Å². The molecule has 1 unspecified atom stereocenters. The number of aliphatic hydroxyl groups is 1. The van der Waals surface area contributed by atoms with Gasteiger partial charge in [0.15, 0.2) is 0 Å². The summed E-state index contributed by atoms with van der Waals surface area (Å²) in [6, 6.07) is 0.0819. The molecule has 1 saturated heterocycles. The lowest BCUT2D eigenvalue weighted by molar-refractivity contribution is 0.169. The molecular weight excluding hydrogens is 168 g/mol. The number of aliphatic hydroxyl groups excluding tert-OH is 1. The van der Waals surface area contributed by atoms with Crippen molar-refractivity contribution in [3.8, 4) is 0 Å². The van der Waals surface area contributed by atoms with E-state index in [2.05, 4.69) is 0 Å². The Morgan fingerprint density at radius 1 is 1.69 bits per heavy atom. The molecule has 0 aromatic carbocycles. The molecule has 4 nitrogen and oxygen atoms in total. The molecule has 0 aliphatic carbocycles. The van der Waals surface area contributed by atoms with Gasteiger partial charge >= 0.3 is 6.03 Å². The number of hydrogen-bond donors (Lipinski definition) is 1. The summed E-state index contributed by atoms with van der Waals surface area (Å²) in [7, 11) is 1.80. The first-order valence-electron chi connectivity index (χ1n) is 4.80. The van der Waals surface area contributed by atoms with Gasteiger partial charge in [-0.2, -0.15) is 0 Å². The fourth-order valence-corrected chi connectivity index (χ4v) is 1.53. The van der Waals surface area contributed by atoms with E-state index in [-0.39, 0.29) is 18.6 Å². The zero-order valence-corrected chi connectivity index (χ0v) is 8.36. The van der Waals surface area contributed by atoms with E-state index in [1.54, 1.807) is 11.9 Å². The summed E-state index contributed by atoms with van der Waals surface area (Å²) >= 11 is 0. The maximum Gasteiger partial charge on any atom is 0.319 e. The van der Waals surface area contributed by atoms with Crippen LogP contribution in [0.25, 0.3) is 0 Å². The molecule has 2 amide bonds. The van der Waals surface area contributed by atoms with Crippen LogP contribution in [0, 0.1) is 5.92 Å². The molecule has 1 aliphatic heterocycles. The Labute approximate surface area is 79.1 Å². The molecule has 1 atom stereocenters. The third kappa shape index (κ3) is 2.34. The maximum absolute atomic E-state index is 11.6. The van der Waals surface area contributed by atoms with Crippen molar-refractivity contribution in [2.45, 2.75) is 13.3 Å². The quantitative estimate of drug-likeness (QED) is 0.677. The number of carbonyl (C=O) groups is 1. The summed E-state index contributed by atoms with van der Waals surface area (Å²) in [4.78, 5) is 15.1. The smallest absolute Gasteiger partial charge is 0.319 e. The Balaban J connectivity index is 2.41. The third-order valence-electron chi connectivity index (χ3n) is 2.62. The zero-order chi connectivity index (χ0) is 9.84. The molecule has 0 radical (unpaired) electrons. The Bertz CT molecular complexity index is 184. The minimum atomic E-state index is 0.0819. The van der Waals surface area contributed by atoms with E-state index in [1.165, 1.54) is 0 Å². The Morgan fingerprint density at radius 2 is 2.38 bits per heavy atom. The van der Waals surface area contributed by atoms with Crippen LogP contribution in [0.5, 0.6) is 0 Å². The van der Waals surface area contributed by atoms with Gasteiger partial charge in [0, 0.05) is 39.2 Å². The van der Waals surface area contributed by atoms with Gasteiger partial charge in [-0.25, -0.2) is 4.79 Å². The van der Waals surface area contributed by atoms with Crippen LogP contribution in [0.1, 0.15) is 13.3 Å². The minimum absolute atomic E-state index is 0.0819. The molecule has 1 fully saturated rings. The average Bonchev–Trinajstić information content (AvgIpc) is 2.63. The molecule has 1 heterocycles. The van der Waals surface area contributed by atoms with Gasteiger partial charge < -0.3 is 14.9 Å². The van der Waals surface area contributed by atoms with Gasteiger partial charge in [0.05, 0.1) is 0 Å². The predicted octanol–water partition coefficient (Wildman–Crippen LogP) is 0.372. The minimum Gasteiger partial charge on any atom is -0.396 e. The van der Waals surface area contributed by atoms with Crippen molar-refractivity contribution in [1.29, 1.82) is 0 Å². The van der Waals surface area contributed by atoms with E-state index in [0.717, 1.165) is 19.5 Å². The second kappa shape index (κ2) is 4.46. The van der Waals surface area contributed by atoms with Crippen molar-refractivity contribution in [3.05, 3.63) is 0 Å². The van der Waals surface area contributed by atoms with Crippen LogP contribution in [0.2, 0.25) is 0 Å². The number of nitrogens with zero attached hydrogens (tertiary/aromatic N) is 2. The number of hydrogen-bond acceptors (Lipinski definition) is 2. The van der Waals surface area contributed by atoms with Crippen molar-refractivity contribution >= 4 is 6.03 Å². The number of likely N-dealkylation sites (tertiary alicyclic amines) is 1. The monoisotopic (exact) mass is 186 g/mol. The van der Waals surface area contributed by atoms with E-state index in [9.17, 15) is 4.79 Å². The molecule has 1 N–H and O–H groups in total. The van der Waals surface area contributed by atoms with Gasteiger partial charge in [0.2, 0.25) is 0 Å². The van der Waals surface area contributed by atoms with E-state index in [1.807, 2.05) is 11.8 Å². The Kier molecular flexibility index (Phi) is 3.54. The van der Waals surface area contributed by atoms with Crippen molar-refractivity contribution < 1.29 is 9.90 Å². The summed E-state index contributed by atoms with van der Waals surface area (Å²) < 4.78 is 0. The number of amides is 2. The molecular formula is C9H18N2O2. The highest BCUT2D eigenvalue weighted by atomic mass is 16.3. The normalized spacial score (nSPS) is 22.1. The summed E-state index contributed by atoms with van der Waals surface area (Å²) in [6.45, 7) is 4.38. The van der Waals surface area contributed by atoms with Crippen LogP contribution in [-0.2, 0) is 0 Å². The SMILES string of the molecule is CCN(C)C(=O)N1CCC(CO)C1. The number of urea groups is 1. The highest BCUT2D eigenvalue weighted by Crippen LogP contribution is 2.16. The van der Waals surface area contributed by atoms with Crippen LogP contribution >= 0.6 is 0 Å². The van der Waals surface area contributed by atoms with Crippen molar-refractivity contribution in [3.63, 3.8) is 0 Å². The first-order valence-corrected chi connectivity index (χ1v) is 4.80. The molecule has 4 heteroatoms. The zero-order valence-electron chi connectivity index (χ0n) is 8.36. The first-order chi connectivity index (χ1) is 6.19. The molecule has 0 saturated carbocycles. The van der Waals surface area contributed by atoms with Gasteiger partial charge in [0.1, 0.15) is 0 Å². The van der Waals surface area contributed by atoms with Crippen molar-refractivity contribution in [2.24, 2.45) is 5.92 Å². The topological polar surface area (TPSA) is 43.8 Å². The fraction of sp³-hybridized carbons (Fsp3) is 0.889. The lowest BCUT2D eigenvalue weighted by atomic mass is 10.1. The fourth-order valence-electron chi connectivity index (χ4n) is 1.53. The summed E-state index contributed by atoms with van der Waals surface area (Å²) in [6.07, 6.45) is 0.930. The molecule has 0 spiro atoms. The molecule has 0 aromatic rings. The van der Waals surface area contributed by atoms with Crippen LogP contribution in [-0.4, -0.2) is 54.2 Å². The van der Waals surface area contributed by atoms with Gasteiger partial charge in [0.25, 0.3) is 0 Å². The van der Waals surface area contributed by atoms with Gasteiger partial charge in [-0.15, -0.1) is 0 Å². The van der Waals surface area contributed by atoms with Crippen molar-refractivity contribution in [2.75, 3.05) is 33.3 Å². The van der Waals surface area contributed by atoms with Crippen LogP contribution in [0.15, 0.2) is 0 Å². The third-order valence-corrected chi connectivity index (χ3v) is 2.62. The summed E-state index contributed by atoms with van der Waals surface area (Å²) in [5, 5.41) is 8.91. The van der Waals surface area contributed by atoms with Crippen LogP contribution < -0.4 is 0 Å². The molecule has 0 bridgehead atoms. The molecule has 0 aromatic heterocycles. The Hall–Kier alpha value is -0.770. The average molecular weight is 186 g/mol.